The van der Waals surface area contributed by atoms with Crippen molar-refractivity contribution in [2.75, 3.05) is 6.54 Å². The molecule has 0 aliphatic carbocycles. The lowest BCUT2D eigenvalue weighted by molar-refractivity contribution is -0.143. The van der Waals surface area contributed by atoms with E-state index in [1.807, 2.05) is 50.8 Å². The van der Waals surface area contributed by atoms with Crippen LogP contribution in [-0.4, -0.2) is 28.4 Å². The second-order valence-electron chi connectivity index (χ2n) is 5.47. The van der Waals surface area contributed by atoms with Crippen LogP contribution in [0.2, 0.25) is 0 Å². The summed E-state index contributed by atoms with van der Waals surface area (Å²) in [4.78, 5) is 18.8. The van der Waals surface area contributed by atoms with Crippen LogP contribution in [0.1, 0.15) is 39.8 Å². The van der Waals surface area contributed by atoms with Crippen LogP contribution in [0.5, 0.6) is 0 Å². The van der Waals surface area contributed by atoms with Crippen LogP contribution in [0.15, 0.2) is 24.4 Å². The van der Waals surface area contributed by atoms with Crippen LogP contribution in [0, 0.1) is 5.41 Å². The summed E-state index contributed by atoms with van der Waals surface area (Å²) in [6, 6.07) is 5.88. The largest absolute Gasteiger partial charge is 0.334 e. The van der Waals surface area contributed by atoms with Crippen molar-refractivity contribution in [3.8, 4) is 0 Å². The molecule has 2 N–H and O–H groups in total. The molecule has 0 bridgehead atoms. The SMILES string of the molecule is CCC(C)(CN)C(=O)N(Cc1ccccn1)C(C)C. The smallest absolute Gasteiger partial charge is 0.230 e. The van der Waals surface area contributed by atoms with Gasteiger partial charge in [-0.3, -0.25) is 9.78 Å². The van der Waals surface area contributed by atoms with Crippen LogP contribution in [-0.2, 0) is 11.3 Å². The Bertz CT molecular complexity index is 399. The highest BCUT2D eigenvalue weighted by molar-refractivity contribution is 5.82. The summed E-state index contributed by atoms with van der Waals surface area (Å²) in [6.45, 7) is 8.88. The standard InChI is InChI=1S/C15H25N3O/c1-5-15(4,11-16)14(19)18(12(2)3)10-13-8-6-7-9-17-13/h6-9,12H,5,10-11,16H2,1-4H3. The normalized spacial score (nSPS) is 14.2. The van der Waals surface area contributed by atoms with E-state index in [-0.39, 0.29) is 11.9 Å². The van der Waals surface area contributed by atoms with Crippen molar-refractivity contribution in [3.63, 3.8) is 0 Å². The highest BCUT2D eigenvalue weighted by Gasteiger charge is 2.34. The number of hydrogen-bond donors (Lipinski definition) is 1. The molecule has 1 rings (SSSR count). The number of nitrogens with zero attached hydrogens (tertiary/aromatic N) is 2. The summed E-state index contributed by atoms with van der Waals surface area (Å²) >= 11 is 0. The summed E-state index contributed by atoms with van der Waals surface area (Å²) in [5.41, 5.74) is 6.20. The summed E-state index contributed by atoms with van der Waals surface area (Å²) in [7, 11) is 0. The minimum absolute atomic E-state index is 0.109. The third-order valence-electron chi connectivity index (χ3n) is 3.69. The molecule has 1 amide bonds. The van der Waals surface area contributed by atoms with E-state index in [0.29, 0.717) is 13.1 Å². The zero-order valence-electron chi connectivity index (χ0n) is 12.4. The Morgan fingerprint density at radius 2 is 2.16 bits per heavy atom. The molecule has 0 aliphatic heterocycles. The average Bonchev–Trinajstić information content (AvgIpc) is 2.44. The average molecular weight is 263 g/mol. The Balaban J connectivity index is 2.92. The first-order valence-corrected chi connectivity index (χ1v) is 6.85. The number of pyridine rings is 1. The van der Waals surface area contributed by atoms with Gasteiger partial charge in [0.1, 0.15) is 0 Å². The first-order valence-electron chi connectivity index (χ1n) is 6.85. The van der Waals surface area contributed by atoms with Crippen molar-refractivity contribution in [3.05, 3.63) is 30.1 Å². The molecule has 4 nitrogen and oxygen atoms in total. The van der Waals surface area contributed by atoms with Crippen LogP contribution in [0.4, 0.5) is 0 Å². The summed E-state index contributed by atoms with van der Waals surface area (Å²) < 4.78 is 0. The van der Waals surface area contributed by atoms with Gasteiger partial charge < -0.3 is 10.6 Å². The van der Waals surface area contributed by atoms with Crippen molar-refractivity contribution in [1.29, 1.82) is 0 Å². The molecule has 1 aromatic rings. The third kappa shape index (κ3) is 3.77. The molecule has 106 valence electrons. The van der Waals surface area contributed by atoms with Crippen molar-refractivity contribution in [2.45, 2.75) is 46.7 Å². The lowest BCUT2D eigenvalue weighted by Crippen LogP contribution is -2.48. The molecule has 0 saturated carbocycles. The quantitative estimate of drug-likeness (QED) is 0.856. The fourth-order valence-electron chi connectivity index (χ4n) is 1.88. The molecule has 1 heterocycles. The molecule has 1 atom stereocenters. The van der Waals surface area contributed by atoms with Crippen LogP contribution < -0.4 is 5.73 Å². The number of aromatic nitrogens is 1. The van der Waals surface area contributed by atoms with E-state index in [0.717, 1.165) is 12.1 Å². The number of nitrogens with two attached hydrogens (primary N) is 1. The van der Waals surface area contributed by atoms with E-state index in [2.05, 4.69) is 4.98 Å². The molecule has 19 heavy (non-hydrogen) atoms. The van der Waals surface area contributed by atoms with E-state index in [1.54, 1.807) is 6.20 Å². The fraction of sp³-hybridized carbons (Fsp3) is 0.600. The molecular weight excluding hydrogens is 238 g/mol. The molecule has 0 aromatic carbocycles. The van der Waals surface area contributed by atoms with Crippen molar-refractivity contribution >= 4 is 5.91 Å². The Labute approximate surface area is 116 Å². The molecule has 0 spiro atoms. The van der Waals surface area contributed by atoms with Gasteiger partial charge in [0.05, 0.1) is 17.7 Å². The van der Waals surface area contributed by atoms with Gasteiger partial charge in [-0.25, -0.2) is 0 Å². The molecule has 0 aliphatic rings. The van der Waals surface area contributed by atoms with Gasteiger partial charge >= 0.3 is 0 Å². The van der Waals surface area contributed by atoms with E-state index in [1.165, 1.54) is 0 Å². The molecule has 4 heteroatoms. The van der Waals surface area contributed by atoms with E-state index < -0.39 is 5.41 Å². The maximum absolute atomic E-state index is 12.7. The minimum Gasteiger partial charge on any atom is -0.334 e. The zero-order valence-corrected chi connectivity index (χ0v) is 12.4. The highest BCUT2D eigenvalue weighted by Crippen LogP contribution is 2.24. The van der Waals surface area contributed by atoms with Crippen molar-refractivity contribution in [2.24, 2.45) is 11.1 Å². The molecule has 1 unspecified atom stereocenters. The van der Waals surface area contributed by atoms with Gasteiger partial charge in [-0.1, -0.05) is 13.0 Å². The molecule has 0 saturated heterocycles. The first kappa shape index (κ1) is 15.6. The van der Waals surface area contributed by atoms with Crippen LogP contribution >= 0.6 is 0 Å². The molecule has 1 aromatic heterocycles. The lowest BCUT2D eigenvalue weighted by Gasteiger charge is -2.35. The van der Waals surface area contributed by atoms with Crippen molar-refractivity contribution < 1.29 is 4.79 Å². The van der Waals surface area contributed by atoms with Gasteiger partial charge in [-0.2, -0.15) is 0 Å². The number of rotatable bonds is 6. The zero-order chi connectivity index (χ0) is 14.5. The highest BCUT2D eigenvalue weighted by atomic mass is 16.2. The van der Waals surface area contributed by atoms with Crippen LogP contribution in [0.25, 0.3) is 0 Å². The number of amides is 1. The maximum atomic E-state index is 12.7. The number of carbonyl (C=O) groups is 1. The third-order valence-corrected chi connectivity index (χ3v) is 3.69. The molecule has 0 fully saturated rings. The first-order chi connectivity index (χ1) is 8.94. The van der Waals surface area contributed by atoms with E-state index >= 15 is 0 Å². The van der Waals surface area contributed by atoms with Gasteiger partial charge in [0.15, 0.2) is 0 Å². The summed E-state index contributed by atoms with van der Waals surface area (Å²) in [5, 5.41) is 0. The Morgan fingerprint density at radius 3 is 2.58 bits per heavy atom. The fourth-order valence-corrected chi connectivity index (χ4v) is 1.88. The summed E-state index contributed by atoms with van der Waals surface area (Å²) in [5.74, 6) is 0.109. The van der Waals surface area contributed by atoms with Crippen molar-refractivity contribution in [1.82, 2.24) is 9.88 Å². The van der Waals surface area contributed by atoms with Gasteiger partial charge in [-0.15, -0.1) is 0 Å². The summed E-state index contributed by atoms with van der Waals surface area (Å²) in [6.07, 6.45) is 2.49. The van der Waals surface area contributed by atoms with E-state index in [4.69, 9.17) is 5.73 Å². The number of hydrogen-bond acceptors (Lipinski definition) is 3. The maximum Gasteiger partial charge on any atom is 0.230 e. The van der Waals surface area contributed by atoms with Gasteiger partial charge in [0.2, 0.25) is 5.91 Å². The Kier molecular flexibility index (Phi) is 5.48. The second-order valence-corrected chi connectivity index (χ2v) is 5.47. The monoisotopic (exact) mass is 263 g/mol. The topological polar surface area (TPSA) is 59.2 Å². The molecule has 0 radical (unpaired) electrons. The molecular formula is C15H25N3O. The van der Waals surface area contributed by atoms with Gasteiger partial charge in [0, 0.05) is 18.8 Å². The minimum atomic E-state index is -0.487. The Morgan fingerprint density at radius 1 is 1.47 bits per heavy atom. The van der Waals surface area contributed by atoms with Crippen LogP contribution in [0.3, 0.4) is 0 Å². The Hall–Kier alpha value is -1.42. The second kappa shape index (κ2) is 6.66. The predicted molar refractivity (Wildman–Crippen MR) is 77.4 cm³/mol. The predicted octanol–water partition coefficient (Wildman–Crippen LogP) is 2.19. The number of carbonyl (C=O) groups excluding carboxylic acids is 1. The van der Waals surface area contributed by atoms with Gasteiger partial charge in [-0.05, 0) is 39.3 Å². The lowest BCUT2D eigenvalue weighted by atomic mass is 9.85. The van der Waals surface area contributed by atoms with E-state index in [9.17, 15) is 4.79 Å². The van der Waals surface area contributed by atoms with Gasteiger partial charge in [0.25, 0.3) is 0 Å².